The molecule has 0 saturated heterocycles. The molecular formula is C13H18ClNO3. The van der Waals surface area contributed by atoms with Crippen LogP contribution in [0, 0.1) is 6.92 Å². The van der Waals surface area contributed by atoms with Crippen molar-refractivity contribution in [3.63, 3.8) is 0 Å². The van der Waals surface area contributed by atoms with Gasteiger partial charge in [0.1, 0.15) is 0 Å². The second-order valence-corrected chi connectivity index (χ2v) is 4.63. The van der Waals surface area contributed by atoms with E-state index in [9.17, 15) is 4.79 Å². The van der Waals surface area contributed by atoms with Gasteiger partial charge in [0.2, 0.25) is 5.91 Å². The molecule has 1 unspecified atom stereocenters. The van der Waals surface area contributed by atoms with Gasteiger partial charge in [-0.1, -0.05) is 23.7 Å². The first kappa shape index (κ1) is 15.0. The molecule has 100 valence electrons. The molecule has 0 fully saturated rings. The number of halogens is 1. The van der Waals surface area contributed by atoms with Crippen LogP contribution in [0.2, 0.25) is 5.02 Å². The van der Waals surface area contributed by atoms with Crippen LogP contribution < -0.4 is 5.32 Å². The lowest BCUT2D eigenvalue weighted by Crippen LogP contribution is -2.33. The Morgan fingerprint density at radius 2 is 2.22 bits per heavy atom. The molecule has 18 heavy (non-hydrogen) atoms. The molecule has 0 saturated carbocycles. The number of carbonyl (C=O) groups is 1. The van der Waals surface area contributed by atoms with Gasteiger partial charge in [0.05, 0.1) is 12.7 Å². The van der Waals surface area contributed by atoms with Gasteiger partial charge in [-0.05, 0) is 30.5 Å². The average molecular weight is 272 g/mol. The number of aryl methyl sites for hydroxylation is 2. The predicted octanol–water partition coefficient (Wildman–Crippen LogP) is 1.05. The van der Waals surface area contributed by atoms with Crippen LogP contribution in [0.5, 0.6) is 0 Å². The van der Waals surface area contributed by atoms with Crippen LogP contribution >= 0.6 is 11.6 Å². The van der Waals surface area contributed by atoms with Crippen molar-refractivity contribution >= 4 is 17.5 Å². The molecule has 5 heteroatoms. The first-order valence-corrected chi connectivity index (χ1v) is 6.21. The Morgan fingerprint density at radius 3 is 2.83 bits per heavy atom. The summed E-state index contributed by atoms with van der Waals surface area (Å²) in [7, 11) is 0. The van der Waals surface area contributed by atoms with Crippen molar-refractivity contribution in [1.82, 2.24) is 5.32 Å². The number of nitrogens with one attached hydrogen (secondary N) is 1. The van der Waals surface area contributed by atoms with E-state index in [2.05, 4.69) is 5.32 Å². The molecule has 0 aromatic heterocycles. The van der Waals surface area contributed by atoms with Crippen molar-refractivity contribution in [2.45, 2.75) is 25.9 Å². The topological polar surface area (TPSA) is 69.6 Å². The lowest BCUT2D eigenvalue weighted by molar-refractivity contribution is -0.121. The zero-order valence-electron chi connectivity index (χ0n) is 10.3. The van der Waals surface area contributed by atoms with E-state index in [1.54, 1.807) is 0 Å². The Bertz CT molecular complexity index is 409. The van der Waals surface area contributed by atoms with Gasteiger partial charge in [-0.15, -0.1) is 0 Å². The zero-order valence-corrected chi connectivity index (χ0v) is 11.1. The number of rotatable bonds is 6. The summed E-state index contributed by atoms with van der Waals surface area (Å²) in [6.07, 6.45) is 0.0289. The van der Waals surface area contributed by atoms with Crippen molar-refractivity contribution in [2.24, 2.45) is 0 Å². The van der Waals surface area contributed by atoms with E-state index in [1.165, 1.54) is 0 Å². The first-order valence-electron chi connectivity index (χ1n) is 5.83. The van der Waals surface area contributed by atoms with Crippen molar-refractivity contribution in [1.29, 1.82) is 0 Å². The van der Waals surface area contributed by atoms with Crippen LogP contribution in [-0.2, 0) is 11.2 Å². The van der Waals surface area contributed by atoms with Gasteiger partial charge in [-0.3, -0.25) is 4.79 Å². The normalized spacial score (nSPS) is 12.2. The van der Waals surface area contributed by atoms with Crippen LogP contribution in [0.3, 0.4) is 0 Å². The van der Waals surface area contributed by atoms with Crippen molar-refractivity contribution in [3.05, 3.63) is 34.3 Å². The minimum Gasteiger partial charge on any atom is -0.394 e. The summed E-state index contributed by atoms with van der Waals surface area (Å²) >= 11 is 5.99. The summed E-state index contributed by atoms with van der Waals surface area (Å²) < 4.78 is 0. The predicted molar refractivity (Wildman–Crippen MR) is 70.6 cm³/mol. The molecule has 3 N–H and O–H groups in total. The number of carbonyl (C=O) groups excluding carboxylic acids is 1. The molecule has 1 atom stereocenters. The second-order valence-electron chi connectivity index (χ2n) is 4.22. The number of aliphatic hydroxyl groups excluding tert-OH is 2. The summed E-state index contributed by atoms with van der Waals surface area (Å²) in [6, 6.07) is 5.72. The second kappa shape index (κ2) is 7.36. The molecule has 1 rings (SSSR count). The molecule has 0 spiro atoms. The maximum Gasteiger partial charge on any atom is 0.220 e. The number of hydrogen-bond donors (Lipinski definition) is 3. The molecule has 0 aliphatic carbocycles. The summed E-state index contributed by atoms with van der Waals surface area (Å²) in [5.74, 6) is -0.154. The average Bonchev–Trinajstić information content (AvgIpc) is 2.37. The van der Waals surface area contributed by atoms with Crippen LogP contribution in [-0.4, -0.2) is 35.4 Å². The number of amides is 1. The Balaban J connectivity index is 2.36. The maximum absolute atomic E-state index is 11.5. The highest BCUT2D eigenvalue weighted by atomic mass is 35.5. The fraction of sp³-hybridized carbons (Fsp3) is 0.462. The molecule has 4 nitrogen and oxygen atoms in total. The summed E-state index contributed by atoms with van der Waals surface area (Å²) in [5, 5.41) is 20.9. The van der Waals surface area contributed by atoms with Crippen LogP contribution in [0.15, 0.2) is 18.2 Å². The molecule has 0 heterocycles. The van der Waals surface area contributed by atoms with E-state index >= 15 is 0 Å². The molecule has 1 aromatic carbocycles. The first-order chi connectivity index (χ1) is 8.52. The molecule has 1 aromatic rings. The minimum absolute atomic E-state index is 0.0734. The smallest absolute Gasteiger partial charge is 0.220 e. The Hall–Kier alpha value is -1.10. The third kappa shape index (κ3) is 5.04. The van der Waals surface area contributed by atoms with Crippen molar-refractivity contribution < 1.29 is 15.0 Å². The summed E-state index contributed by atoms with van der Waals surface area (Å²) in [6.45, 7) is 1.65. The van der Waals surface area contributed by atoms with Gasteiger partial charge < -0.3 is 15.5 Å². The largest absolute Gasteiger partial charge is 0.394 e. The highest BCUT2D eigenvalue weighted by molar-refractivity contribution is 6.31. The number of benzene rings is 1. The number of aliphatic hydroxyl groups is 2. The SMILES string of the molecule is Cc1ccc(CCC(=O)NCC(O)CO)cc1Cl. The van der Waals surface area contributed by atoms with Crippen LogP contribution in [0.25, 0.3) is 0 Å². The van der Waals surface area contributed by atoms with E-state index in [1.807, 2.05) is 25.1 Å². The summed E-state index contributed by atoms with van der Waals surface area (Å²) in [4.78, 5) is 11.5. The van der Waals surface area contributed by atoms with E-state index in [0.717, 1.165) is 11.1 Å². The standard InChI is InChI=1S/C13H18ClNO3/c1-9-2-3-10(6-12(9)14)4-5-13(18)15-7-11(17)8-16/h2-3,6,11,16-17H,4-5,7-8H2,1H3,(H,15,18). The van der Waals surface area contributed by atoms with E-state index in [-0.39, 0.29) is 19.1 Å². The molecule has 0 radical (unpaired) electrons. The van der Waals surface area contributed by atoms with Gasteiger partial charge in [0.15, 0.2) is 0 Å². The summed E-state index contributed by atoms with van der Waals surface area (Å²) in [5.41, 5.74) is 2.01. The van der Waals surface area contributed by atoms with E-state index in [4.69, 9.17) is 21.8 Å². The highest BCUT2D eigenvalue weighted by Gasteiger charge is 2.06. The molecule has 0 bridgehead atoms. The monoisotopic (exact) mass is 271 g/mol. The highest BCUT2D eigenvalue weighted by Crippen LogP contribution is 2.17. The zero-order chi connectivity index (χ0) is 13.5. The Labute approximate surface area is 112 Å². The maximum atomic E-state index is 11.5. The van der Waals surface area contributed by atoms with E-state index in [0.29, 0.717) is 17.9 Å². The Morgan fingerprint density at radius 1 is 1.50 bits per heavy atom. The van der Waals surface area contributed by atoms with Gasteiger partial charge >= 0.3 is 0 Å². The van der Waals surface area contributed by atoms with Crippen molar-refractivity contribution in [3.8, 4) is 0 Å². The third-order valence-electron chi connectivity index (χ3n) is 2.62. The van der Waals surface area contributed by atoms with Gasteiger partial charge in [0.25, 0.3) is 0 Å². The lowest BCUT2D eigenvalue weighted by atomic mass is 10.1. The van der Waals surface area contributed by atoms with Crippen LogP contribution in [0.1, 0.15) is 17.5 Å². The third-order valence-corrected chi connectivity index (χ3v) is 3.03. The molecule has 0 aliphatic rings. The lowest BCUT2D eigenvalue weighted by Gasteiger charge is -2.09. The quantitative estimate of drug-likeness (QED) is 0.724. The van der Waals surface area contributed by atoms with Gasteiger partial charge in [-0.2, -0.15) is 0 Å². The number of hydrogen-bond acceptors (Lipinski definition) is 3. The van der Waals surface area contributed by atoms with Crippen LogP contribution in [0.4, 0.5) is 0 Å². The van der Waals surface area contributed by atoms with Gasteiger partial charge in [-0.25, -0.2) is 0 Å². The van der Waals surface area contributed by atoms with E-state index < -0.39 is 6.10 Å². The molecular weight excluding hydrogens is 254 g/mol. The van der Waals surface area contributed by atoms with Gasteiger partial charge in [0, 0.05) is 18.0 Å². The Kier molecular flexibility index (Phi) is 6.12. The minimum atomic E-state index is -0.900. The fourth-order valence-corrected chi connectivity index (χ4v) is 1.64. The van der Waals surface area contributed by atoms with Crippen molar-refractivity contribution in [2.75, 3.05) is 13.2 Å². The fourth-order valence-electron chi connectivity index (χ4n) is 1.43. The molecule has 1 amide bonds. The molecule has 0 aliphatic heterocycles.